The van der Waals surface area contributed by atoms with Gasteiger partial charge in [0.25, 0.3) is 0 Å². The van der Waals surface area contributed by atoms with Crippen LogP contribution < -0.4 is 5.32 Å². The lowest BCUT2D eigenvalue weighted by molar-refractivity contribution is -0.132. The number of carbonyl (C=O) groups is 3. The van der Waals surface area contributed by atoms with Crippen LogP contribution in [-0.2, 0) is 16.0 Å². The van der Waals surface area contributed by atoms with Gasteiger partial charge >= 0.3 is 6.03 Å². The van der Waals surface area contributed by atoms with Crippen molar-refractivity contribution in [1.29, 1.82) is 0 Å². The Labute approximate surface area is 168 Å². The average Bonchev–Trinajstić information content (AvgIpc) is 3.09. The van der Waals surface area contributed by atoms with Gasteiger partial charge in [0, 0.05) is 48.6 Å². The molecular weight excluding hydrogens is 374 g/mol. The first-order valence-corrected chi connectivity index (χ1v) is 10.7. The van der Waals surface area contributed by atoms with Gasteiger partial charge in [-0.3, -0.25) is 14.5 Å². The SMILES string of the molecule is CC1CCNC(=O)C1CN1CCC(=O)N(CCc2cc3ccccc3s2)C1=O. The lowest BCUT2D eigenvalue weighted by Crippen LogP contribution is -2.56. The number of hydrogen-bond acceptors (Lipinski definition) is 4. The van der Waals surface area contributed by atoms with Gasteiger partial charge in [-0.15, -0.1) is 11.3 Å². The molecule has 0 saturated carbocycles. The van der Waals surface area contributed by atoms with E-state index in [-0.39, 0.29) is 29.7 Å². The van der Waals surface area contributed by atoms with E-state index in [1.165, 1.54) is 19.9 Å². The number of carbonyl (C=O) groups excluding carboxylic acids is 3. The molecule has 0 spiro atoms. The predicted octanol–water partition coefficient (Wildman–Crippen LogP) is 2.87. The van der Waals surface area contributed by atoms with Crippen LogP contribution in [0.1, 0.15) is 24.6 Å². The van der Waals surface area contributed by atoms with Crippen LogP contribution in [-0.4, -0.2) is 53.8 Å². The van der Waals surface area contributed by atoms with Crippen molar-refractivity contribution in [2.45, 2.75) is 26.2 Å². The van der Waals surface area contributed by atoms with Gasteiger partial charge in [-0.2, -0.15) is 0 Å². The highest BCUT2D eigenvalue weighted by molar-refractivity contribution is 7.19. The number of rotatable bonds is 5. The first kappa shape index (κ1) is 18.9. The second-order valence-corrected chi connectivity index (χ2v) is 8.86. The molecule has 2 aromatic rings. The van der Waals surface area contributed by atoms with Gasteiger partial charge in [-0.25, -0.2) is 4.79 Å². The highest BCUT2D eigenvalue weighted by atomic mass is 32.1. The third-order valence-electron chi connectivity index (χ3n) is 5.80. The molecule has 4 rings (SSSR count). The molecule has 0 aliphatic carbocycles. The first-order valence-electron chi connectivity index (χ1n) is 9.87. The number of thiophene rings is 1. The number of nitrogens with zero attached hydrogens (tertiary/aromatic N) is 2. The minimum absolute atomic E-state index is 0.0141. The quantitative estimate of drug-likeness (QED) is 0.841. The molecule has 0 bridgehead atoms. The molecule has 7 heteroatoms. The maximum atomic E-state index is 12.9. The average molecular weight is 400 g/mol. The smallest absolute Gasteiger partial charge is 0.326 e. The van der Waals surface area contributed by atoms with E-state index in [1.54, 1.807) is 16.2 Å². The van der Waals surface area contributed by atoms with E-state index in [4.69, 9.17) is 0 Å². The Morgan fingerprint density at radius 3 is 2.82 bits per heavy atom. The third kappa shape index (κ3) is 3.76. The molecular formula is C21H25N3O3S. The number of imide groups is 1. The van der Waals surface area contributed by atoms with Crippen LogP contribution in [0.15, 0.2) is 30.3 Å². The van der Waals surface area contributed by atoms with Crippen molar-refractivity contribution in [3.05, 3.63) is 35.2 Å². The van der Waals surface area contributed by atoms with Crippen LogP contribution in [0.4, 0.5) is 4.79 Å². The molecule has 2 saturated heterocycles. The van der Waals surface area contributed by atoms with Crippen molar-refractivity contribution in [3.63, 3.8) is 0 Å². The van der Waals surface area contributed by atoms with E-state index in [9.17, 15) is 14.4 Å². The van der Waals surface area contributed by atoms with Crippen molar-refractivity contribution in [2.24, 2.45) is 11.8 Å². The standard InChI is InChI=1S/C21H25N3O3S/c1-14-6-9-22-20(26)17(14)13-23-10-8-19(25)24(21(23)27)11-7-16-12-15-4-2-3-5-18(15)28-16/h2-5,12,14,17H,6-11,13H2,1H3,(H,22,26). The minimum atomic E-state index is -0.261. The number of fused-ring (bicyclic) bond motifs is 1. The minimum Gasteiger partial charge on any atom is -0.356 e. The zero-order valence-corrected chi connectivity index (χ0v) is 16.8. The molecule has 3 heterocycles. The summed E-state index contributed by atoms with van der Waals surface area (Å²) in [5, 5.41) is 4.08. The van der Waals surface area contributed by atoms with Crippen LogP contribution in [0.25, 0.3) is 10.1 Å². The van der Waals surface area contributed by atoms with Gasteiger partial charge in [0.05, 0.1) is 5.92 Å². The normalized spacial score (nSPS) is 23.4. The summed E-state index contributed by atoms with van der Waals surface area (Å²) in [7, 11) is 0. The second-order valence-electron chi connectivity index (χ2n) is 7.69. The van der Waals surface area contributed by atoms with Crippen LogP contribution in [0.2, 0.25) is 0 Å². The molecule has 28 heavy (non-hydrogen) atoms. The van der Waals surface area contributed by atoms with Gasteiger partial charge in [0.15, 0.2) is 0 Å². The molecule has 2 unspecified atom stereocenters. The molecule has 2 fully saturated rings. The molecule has 4 amide bonds. The fourth-order valence-corrected chi connectivity index (χ4v) is 5.08. The van der Waals surface area contributed by atoms with Crippen molar-refractivity contribution in [1.82, 2.24) is 15.1 Å². The molecule has 1 aromatic carbocycles. The van der Waals surface area contributed by atoms with Crippen LogP contribution in [0.3, 0.4) is 0 Å². The lowest BCUT2D eigenvalue weighted by Gasteiger charge is -2.38. The molecule has 2 atom stereocenters. The first-order chi connectivity index (χ1) is 13.5. The second kappa shape index (κ2) is 7.91. The predicted molar refractivity (Wildman–Crippen MR) is 109 cm³/mol. The number of piperidine rings is 1. The van der Waals surface area contributed by atoms with E-state index in [2.05, 4.69) is 30.4 Å². The Hall–Kier alpha value is -2.41. The van der Waals surface area contributed by atoms with E-state index in [0.29, 0.717) is 39.0 Å². The molecule has 0 radical (unpaired) electrons. The van der Waals surface area contributed by atoms with E-state index >= 15 is 0 Å². The highest BCUT2D eigenvalue weighted by Crippen LogP contribution is 2.27. The highest BCUT2D eigenvalue weighted by Gasteiger charge is 2.37. The fraction of sp³-hybridized carbons (Fsp3) is 0.476. The molecule has 1 aromatic heterocycles. The Morgan fingerprint density at radius 2 is 2.04 bits per heavy atom. The maximum Gasteiger partial charge on any atom is 0.326 e. The molecule has 2 aliphatic heterocycles. The van der Waals surface area contributed by atoms with E-state index < -0.39 is 0 Å². The van der Waals surface area contributed by atoms with Crippen molar-refractivity contribution in [2.75, 3.05) is 26.2 Å². The monoisotopic (exact) mass is 399 g/mol. The molecule has 148 valence electrons. The maximum absolute atomic E-state index is 12.9. The summed E-state index contributed by atoms with van der Waals surface area (Å²) in [6.07, 6.45) is 1.90. The third-order valence-corrected chi connectivity index (χ3v) is 6.97. The number of hydrogen-bond donors (Lipinski definition) is 1. The van der Waals surface area contributed by atoms with Gasteiger partial charge in [-0.05, 0) is 29.9 Å². The number of amides is 4. The van der Waals surface area contributed by atoms with Crippen molar-refractivity contribution >= 4 is 39.3 Å². The summed E-state index contributed by atoms with van der Waals surface area (Å²) in [6.45, 7) is 3.92. The van der Waals surface area contributed by atoms with Crippen molar-refractivity contribution < 1.29 is 14.4 Å². The number of nitrogens with one attached hydrogen (secondary N) is 1. The Bertz CT molecular complexity index is 876. The topological polar surface area (TPSA) is 69.7 Å². The Balaban J connectivity index is 1.42. The molecule has 2 aliphatic rings. The van der Waals surface area contributed by atoms with Gasteiger partial charge in [0.1, 0.15) is 0 Å². The van der Waals surface area contributed by atoms with Crippen LogP contribution >= 0.6 is 11.3 Å². The summed E-state index contributed by atoms with van der Waals surface area (Å²) in [5.41, 5.74) is 0. The fourth-order valence-electron chi connectivity index (χ4n) is 4.02. The number of urea groups is 1. The summed E-state index contributed by atoms with van der Waals surface area (Å²) in [5.74, 6) is -0.0645. The largest absolute Gasteiger partial charge is 0.356 e. The van der Waals surface area contributed by atoms with Gasteiger partial charge in [0.2, 0.25) is 11.8 Å². The molecule has 6 nitrogen and oxygen atoms in total. The zero-order chi connectivity index (χ0) is 19.7. The Kier molecular flexibility index (Phi) is 5.35. The summed E-state index contributed by atoms with van der Waals surface area (Å²) in [4.78, 5) is 41.7. The summed E-state index contributed by atoms with van der Waals surface area (Å²) >= 11 is 1.70. The zero-order valence-electron chi connectivity index (χ0n) is 16.0. The van der Waals surface area contributed by atoms with E-state index in [1.807, 2.05) is 12.1 Å². The van der Waals surface area contributed by atoms with Crippen LogP contribution in [0.5, 0.6) is 0 Å². The molecule has 1 N–H and O–H groups in total. The summed E-state index contributed by atoms with van der Waals surface area (Å²) in [6, 6.07) is 10.0. The van der Waals surface area contributed by atoms with Crippen molar-refractivity contribution in [3.8, 4) is 0 Å². The van der Waals surface area contributed by atoms with E-state index in [0.717, 1.165) is 6.42 Å². The van der Waals surface area contributed by atoms with Gasteiger partial charge in [-0.1, -0.05) is 25.1 Å². The van der Waals surface area contributed by atoms with Gasteiger partial charge < -0.3 is 10.2 Å². The summed E-state index contributed by atoms with van der Waals surface area (Å²) < 4.78 is 1.22. The Morgan fingerprint density at radius 1 is 1.21 bits per heavy atom. The number of benzene rings is 1. The van der Waals surface area contributed by atoms with Crippen LogP contribution in [0, 0.1) is 11.8 Å². The lowest BCUT2D eigenvalue weighted by atomic mass is 9.87.